The molecule has 0 aromatic heterocycles. The van der Waals surface area contributed by atoms with E-state index in [9.17, 15) is 13.2 Å². The van der Waals surface area contributed by atoms with Crippen molar-refractivity contribution in [3.63, 3.8) is 0 Å². The predicted molar refractivity (Wildman–Crippen MR) is 83.2 cm³/mol. The minimum atomic E-state index is -3.15. The van der Waals surface area contributed by atoms with E-state index in [0.29, 0.717) is 12.5 Å². The van der Waals surface area contributed by atoms with Crippen LogP contribution in [-0.4, -0.2) is 37.9 Å². The molecule has 0 radical (unpaired) electrons. The average Bonchev–Trinajstić information content (AvgIpc) is 2.23. The molecule has 6 heteroatoms. The molecule has 0 rings (SSSR count). The lowest BCUT2D eigenvalue weighted by Gasteiger charge is -2.31. The molecular formula is C14H30N2O3S. The number of nitrogens with one attached hydrogen (secondary N) is 1. The van der Waals surface area contributed by atoms with Crippen molar-refractivity contribution >= 4 is 15.7 Å². The fourth-order valence-corrected chi connectivity index (χ4v) is 4.00. The third kappa shape index (κ3) is 8.53. The lowest BCUT2D eigenvalue weighted by atomic mass is 9.90. The maximum Gasteiger partial charge on any atom is 0.221 e. The zero-order valence-corrected chi connectivity index (χ0v) is 14.2. The van der Waals surface area contributed by atoms with E-state index in [0.717, 1.165) is 6.42 Å². The third-order valence-electron chi connectivity index (χ3n) is 2.98. The normalized spacial score (nSPS) is 15.4. The molecule has 1 unspecified atom stereocenters. The van der Waals surface area contributed by atoms with E-state index >= 15 is 0 Å². The monoisotopic (exact) mass is 306 g/mol. The Morgan fingerprint density at radius 2 is 1.75 bits per heavy atom. The first-order valence-corrected chi connectivity index (χ1v) is 9.03. The summed E-state index contributed by atoms with van der Waals surface area (Å²) in [6.45, 7) is 10.1. The molecule has 0 aliphatic rings. The van der Waals surface area contributed by atoms with Crippen molar-refractivity contribution in [2.75, 3.05) is 18.1 Å². The molecule has 1 atom stereocenters. The van der Waals surface area contributed by atoms with Gasteiger partial charge in [-0.3, -0.25) is 4.79 Å². The summed E-state index contributed by atoms with van der Waals surface area (Å²) < 4.78 is 23.5. The zero-order chi connectivity index (χ0) is 16.0. The van der Waals surface area contributed by atoms with Gasteiger partial charge >= 0.3 is 0 Å². The van der Waals surface area contributed by atoms with E-state index in [-0.39, 0.29) is 29.8 Å². The van der Waals surface area contributed by atoms with E-state index in [1.54, 1.807) is 0 Å². The largest absolute Gasteiger partial charge is 0.350 e. The van der Waals surface area contributed by atoms with Gasteiger partial charge in [0.15, 0.2) is 9.84 Å². The van der Waals surface area contributed by atoms with Gasteiger partial charge in [-0.2, -0.15) is 0 Å². The van der Waals surface area contributed by atoms with Crippen LogP contribution in [-0.2, 0) is 14.6 Å². The summed E-state index contributed by atoms with van der Waals surface area (Å²) in [5.74, 6) is 0.275. The predicted octanol–water partition coefficient (Wildman–Crippen LogP) is 1.33. The standard InChI is InChI=1S/C14H30N2O3S/c1-11(2)8-14(5,10-15)16-13(17)6-7-20(18,19)9-12(3)4/h11-12H,6-10,15H2,1-5H3,(H,16,17). The minimum Gasteiger partial charge on any atom is -0.350 e. The van der Waals surface area contributed by atoms with Gasteiger partial charge in [0.1, 0.15) is 0 Å². The van der Waals surface area contributed by atoms with Crippen molar-refractivity contribution in [3.05, 3.63) is 0 Å². The second kappa shape index (κ2) is 7.98. The fraction of sp³-hybridized carbons (Fsp3) is 0.929. The van der Waals surface area contributed by atoms with E-state index in [1.165, 1.54) is 0 Å². The van der Waals surface area contributed by atoms with Gasteiger partial charge in [-0.25, -0.2) is 8.42 Å². The van der Waals surface area contributed by atoms with Crippen LogP contribution < -0.4 is 11.1 Å². The average molecular weight is 306 g/mol. The van der Waals surface area contributed by atoms with Gasteiger partial charge in [-0.15, -0.1) is 0 Å². The number of rotatable bonds is 9. The second-order valence-electron chi connectivity index (χ2n) is 6.67. The Morgan fingerprint density at radius 3 is 2.15 bits per heavy atom. The van der Waals surface area contributed by atoms with Gasteiger partial charge < -0.3 is 11.1 Å². The molecule has 0 saturated heterocycles. The summed E-state index contributed by atoms with van der Waals surface area (Å²) in [6, 6.07) is 0. The highest BCUT2D eigenvalue weighted by molar-refractivity contribution is 7.91. The Labute approximate surface area is 123 Å². The van der Waals surface area contributed by atoms with E-state index in [2.05, 4.69) is 19.2 Å². The molecule has 120 valence electrons. The molecule has 0 bridgehead atoms. The van der Waals surface area contributed by atoms with E-state index < -0.39 is 15.4 Å². The summed E-state index contributed by atoms with van der Waals surface area (Å²) in [6.07, 6.45) is 0.775. The Hall–Kier alpha value is -0.620. The maximum absolute atomic E-state index is 11.9. The summed E-state index contributed by atoms with van der Waals surface area (Å²) in [7, 11) is -3.15. The number of hydrogen-bond donors (Lipinski definition) is 2. The van der Waals surface area contributed by atoms with Crippen LogP contribution in [0.1, 0.15) is 47.5 Å². The topological polar surface area (TPSA) is 89.3 Å². The molecule has 1 amide bonds. The molecule has 0 spiro atoms. The van der Waals surface area contributed by atoms with E-state index in [1.807, 2.05) is 20.8 Å². The van der Waals surface area contributed by atoms with Crippen LogP contribution in [0.2, 0.25) is 0 Å². The lowest BCUT2D eigenvalue weighted by molar-refractivity contribution is -0.122. The molecule has 0 aliphatic heterocycles. The van der Waals surface area contributed by atoms with Gasteiger partial charge in [0.05, 0.1) is 11.5 Å². The van der Waals surface area contributed by atoms with E-state index in [4.69, 9.17) is 5.73 Å². The summed E-state index contributed by atoms with van der Waals surface area (Å²) in [5, 5.41) is 2.87. The van der Waals surface area contributed by atoms with Gasteiger partial charge in [-0.05, 0) is 25.2 Å². The minimum absolute atomic E-state index is 0.00272. The first kappa shape index (κ1) is 19.4. The van der Waals surface area contributed by atoms with Crippen LogP contribution in [0.25, 0.3) is 0 Å². The quantitative estimate of drug-likeness (QED) is 0.672. The number of sulfone groups is 1. The first-order valence-electron chi connectivity index (χ1n) is 7.21. The molecule has 0 fully saturated rings. The summed E-state index contributed by atoms with van der Waals surface area (Å²) in [5.41, 5.74) is 5.25. The maximum atomic E-state index is 11.9. The molecule has 5 nitrogen and oxygen atoms in total. The van der Waals surface area contributed by atoms with Gasteiger partial charge in [0, 0.05) is 18.5 Å². The lowest BCUT2D eigenvalue weighted by Crippen LogP contribution is -2.52. The number of amides is 1. The van der Waals surface area contributed by atoms with Crippen LogP contribution in [0.15, 0.2) is 0 Å². The van der Waals surface area contributed by atoms with Crippen molar-refractivity contribution in [2.45, 2.75) is 53.0 Å². The Balaban J connectivity index is 4.42. The molecular weight excluding hydrogens is 276 g/mol. The van der Waals surface area contributed by atoms with Crippen LogP contribution >= 0.6 is 0 Å². The molecule has 0 aromatic rings. The highest BCUT2D eigenvalue weighted by atomic mass is 32.2. The van der Waals surface area contributed by atoms with Crippen LogP contribution in [0.3, 0.4) is 0 Å². The number of hydrogen-bond acceptors (Lipinski definition) is 4. The molecule has 0 heterocycles. The van der Waals surface area contributed by atoms with Crippen LogP contribution in [0.5, 0.6) is 0 Å². The molecule has 0 saturated carbocycles. The smallest absolute Gasteiger partial charge is 0.221 e. The number of carbonyl (C=O) groups excluding carboxylic acids is 1. The summed E-state index contributed by atoms with van der Waals surface area (Å²) in [4.78, 5) is 11.9. The first-order chi connectivity index (χ1) is 8.99. The zero-order valence-electron chi connectivity index (χ0n) is 13.4. The SMILES string of the molecule is CC(C)CC(C)(CN)NC(=O)CCS(=O)(=O)CC(C)C. The Kier molecular flexibility index (Phi) is 7.73. The highest BCUT2D eigenvalue weighted by Crippen LogP contribution is 2.15. The van der Waals surface area contributed by atoms with Crippen molar-refractivity contribution in [3.8, 4) is 0 Å². The van der Waals surface area contributed by atoms with Crippen molar-refractivity contribution in [2.24, 2.45) is 17.6 Å². The molecule has 0 aromatic carbocycles. The van der Waals surface area contributed by atoms with Gasteiger partial charge in [0.25, 0.3) is 0 Å². The van der Waals surface area contributed by atoms with Gasteiger partial charge in [0.2, 0.25) is 5.91 Å². The summed E-state index contributed by atoms with van der Waals surface area (Å²) >= 11 is 0. The highest BCUT2D eigenvalue weighted by Gasteiger charge is 2.26. The Bertz CT molecular complexity index is 405. The van der Waals surface area contributed by atoms with Crippen LogP contribution in [0.4, 0.5) is 0 Å². The second-order valence-corrected chi connectivity index (χ2v) is 8.90. The van der Waals surface area contributed by atoms with Crippen molar-refractivity contribution in [1.82, 2.24) is 5.32 Å². The van der Waals surface area contributed by atoms with Gasteiger partial charge in [-0.1, -0.05) is 27.7 Å². The van der Waals surface area contributed by atoms with Crippen molar-refractivity contribution < 1.29 is 13.2 Å². The fourth-order valence-electron chi connectivity index (χ4n) is 2.32. The molecule has 20 heavy (non-hydrogen) atoms. The van der Waals surface area contributed by atoms with Crippen LogP contribution in [0, 0.1) is 11.8 Å². The Morgan fingerprint density at radius 1 is 1.20 bits per heavy atom. The molecule has 3 N–H and O–H groups in total. The number of nitrogens with two attached hydrogens (primary N) is 1. The third-order valence-corrected chi connectivity index (χ3v) is 4.98. The number of carbonyl (C=O) groups is 1. The van der Waals surface area contributed by atoms with Crippen molar-refractivity contribution in [1.29, 1.82) is 0 Å². The molecule has 0 aliphatic carbocycles.